The second-order valence-corrected chi connectivity index (χ2v) is 6.60. The molecule has 0 aliphatic heterocycles. The van der Waals surface area contributed by atoms with Gasteiger partial charge in [-0.2, -0.15) is 0 Å². The van der Waals surface area contributed by atoms with E-state index in [1.54, 1.807) is 5.57 Å². The maximum atomic E-state index is 9.57. The van der Waals surface area contributed by atoms with Crippen LogP contribution in [0.5, 0.6) is 0 Å². The summed E-state index contributed by atoms with van der Waals surface area (Å²) in [6.45, 7) is 7.30. The zero-order valence-electron chi connectivity index (χ0n) is 11.4. The normalized spacial score (nSPS) is 42.5. The van der Waals surface area contributed by atoms with E-state index >= 15 is 0 Å². The van der Waals surface area contributed by atoms with Crippen LogP contribution in [0.25, 0.3) is 0 Å². The van der Waals surface area contributed by atoms with Crippen molar-refractivity contribution in [3.63, 3.8) is 0 Å². The Hall–Kier alpha value is -0.340. The van der Waals surface area contributed by atoms with Gasteiger partial charge in [-0.3, -0.25) is 0 Å². The number of aliphatic hydroxyl groups excluding tert-OH is 2. The van der Waals surface area contributed by atoms with Crippen LogP contribution in [-0.4, -0.2) is 23.4 Å². The van der Waals surface area contributed by atoms with E-state index in [1.165, 1.54) is 12.0 Å². The molecule has 2 heteroatoms. The summed E-state index contributed by atoms with van der Waals surface area (Å²) in [6.07, 6.45) is 4.48. The number of fused-ring (bicyclic) bond motifs is 1. The minimum atomic E-state index is 0.0763. The first-order chi connectivity index (χ1) is 8.00. The lowest BCUT2D eigenvalue weighted by Crippen LogP contribution is -2.19. The Balaban J connectivity index is 2.33. The molecule has 0 aromatic heterocycles. The van der Waals surface area contributed by atoms with Crippen molar-refractivity contribution in [2.75, 3.05) is 13.2 Å². The number of allylic oxidation sites excluding steroid dienone is 1. The maximum absolute atomic E-state index is 9.57. The third-order valence-electron chi connectivity index (χ3n) is 5.16. The summed E-state index contributed by atoms with van der Waals surface area (Å²) in [7, 11) is 0. The molecular weight excluding hydrogens is 212 g/mol. The summed E-state index contributed by atoms with van der Waals surface area (Å²) in [5, 5.41) is 19.1. The van der Waals surface area contributed by atoms with E-state index in [1.807, 2.05) is 0 Å². The Labute approximate surface area is 105 Å². The van der Waals surface area contributed by atoms with Crippen molar-refractivity contribution in [2.24, 2.45) is 23.2 Å². The Morgan fingerprint density at radius 1 is 1.29 bits per heavy atom. The molecule has 0 aromatic rings. The first-order valence-electron chi connectivity index (χ1n) is 6.92. The summed E-state index contributed by atoms with van der Waals surface area (Å²) in [6, 6.07) is 0. The van der Waals surface area contributed by atoms with E-state index in [0.29, 0.717) is 17.8 Å². The molecule has 2 aliphatic carbocycles. The number of hydrogen-bond donors (Lipinski definition) is 2. The van der Waals surface area contributed by atoms with Crippen LogP contribution in [0.2, 0.25) is 0 Å². The second-order valence-electron chi connectivity index (χ2n) is 6.60. The number of hydrogen-bond acceptors (Lipinski definition) is 2. The largest absolute Gasteiger partial charge is 0.396 e. The van der Waals surface area contributed by atoms with Gasteiger partial charge in [-0.05, 0) is 49.9 Å². The molecule has 0 aromatic carbocycles. The zero-order chi connectivity index (χ0) is 12.6. The van der Waals surface area contributed by atoms with Crippen molar-refractivity contribution in [1.29, 1.82) is 0 Å². The lowest BCUT2D eigenvalue weighted by Gasteiger charge is -2.23. The van der Waals surface area contributed by atoms with E-state index in [9.17, 15) is 10.2 Å². The van der Waals surface area contributed by atoms with Crippen LogP contribution >= 0.6 is 0 Å². The summed E-state index contributed by atoms with van der Waals surface area (Å²) in [5.41, 5.74) is 3.04. The summed E-state index contributed by atoms with van der Waals surface area (Å²) < 4.78 is 0. The molecule has 1 fully saturated rings. The van der Waals surface area contributed by atoms with Crippen molar-refractivity contribution < 1.29 is 10.2 Å². The van der Waals surface area contributed by atoms with Crippen LogP contribution in [0, 0.1) is 23.2 Å². The van der Waals surface area contributed by atoms with E-state index in [2.05, 4.69) is 20.8 Å². The summed E-state index contributed by atoms with van der Waals surface area (Å²) in [5.74, 6) is 1.70. The van der Waals surface area contributed by atoms with Crippen molar-refractivity contribution in [1.82, 2.24) is 0 Å². The lowest BCUT2D eigenvalue weighted by molar-refractivity contribution is 0.138. The van der Waals surface area contributed by atoms with Gasteiger partial charge in [-0.1, -0.05) is 25.0 Å². The van der Waals surface area contributed by atoms with E-state index < -0.39 is 0 Å². The van der Waals surface area contributed by atoms with Crippen molar-refractivity contribution in [3.05, 3.63) is 11.1 Å². The third kappa shape index (κ3) is 2.30. The van der Waals surface area contributed by atoms with Gasteiger partial charge in [-0.25, -0.2) is 0 Å². The van der Waals surface area contributed by atoms with Gasteiger partial charge in [0, 0.05) is 19.1 Å². The number of rotatable bonds is 2. The Bertz CT molecular complexity index is 321. The van der Waals surface area contributed by atoms with Gasteiger partial charge in [0.05, 0.1) is 0 Å². The van der Waals surface area contributed by atoms with Gasteiger partial charge in [0.25, 0.3) is 0 Å². The average molecular weight is 238 g/mol. The molecule has 4 atom stereocenters. The lowest BCUT2D eigenvalue weighted by atomic mass is 9.83. The number of aliphatic hydroxyl groups is 2. The topological polar surface area (TPSA) is 40.5 Å². The van der Waals surface area contributed by atoms with E-state index in [-0.39, 0.29) is 18.6 Å². The molecule has 1 saturated carbocycles. The molecule has 0 radical (unpaired) electrons. The molecule has 0 saturated heterocycles. The molecule has 2 rings (SSSR count). The third-order valence-corrected chi connectivity index (χ3v) is 5.16. The van der Waals surface area contributed by atoms with Crippen LogP contribution in [0.1, 0.15) is 46.5 Å². The highest BCUT2D eigenvalue weighted by atomic mass is 16.3. The highest BCUT2D eigenvalue weighted by Crippen LogP contribution is 2.52. The van der Waals surface area contributed by atoms with Gasteiger partial charge >= 0.3 is 0 Å². The molecule has 1 unspecified atom stereocenters. The van der Waals surface area contributed by atoms with Gasteiger partial charge in [0.1, 0.15) is 0 Å². The monoisotopic (exact) mass is 238 g/mol. The standard InChI is InChI=1S/C15H26O2/c1-10-4-5-12(8-16)11(2)14-7-15(3,9-17)6-13(10)14/h10,12-13,16-17H,4-9H2,1-3H3/t10-,12+,13-,15?/m0/s1. The van der Waals surface area contributed by atoms with Crippen molar-refractivity contribution >= 4 is 0 Å². The molecule has 2 aliphatic rings. The average Bonchev–Trinajstić information content (AvgIpc) is 2.64. The van der Waals surface area contributed by atoms with Crippen LogP contribution in [0.4, 0.5) is 0 Å². The molecule has 0 heterocycles. The predicted molar refractivity (Wildman–Crippen MR) is 69.6 cm³/mol. The smallest absolute Gasteiger partial charge is 0.0496 e. The quantitative estimate of drug-likeness (QED) is 0.726. The molecule has 2 nitrogen and oxygen atoms in total. The van der Waals surface area contributed by atoms with Gasteiger partial charge in [0.2, 0.25) is 0 Å². The van der Waals surface area contributed by atoms with Crippen LogP contribution in [0.3, 0.4) is 0 Å². The highest BCUT2D eigenvalue weighted by Gasteiger charge is 2.42. The van der Waals surface area contributed by atoms with Gasteiger partial charge in [0.15, 0.2) is 0 Å². The molecule has 0 amide bonds. The fourth-order valence-corrected chi connectivity index (χ4v) is 3.79. The fourth-order valence-electron chi connectivity index (χ4n) is 3.79. The first-order valence-corrected chi connectivity index (χ1v) is 6.92. The van der Waals surface area contributed by atoms with Crippen molar-refractivity contribution in [2.45, 2.75) is 46.5 Å². The van der Waals surface area contributed by atoms with Crippen molar-refractivity contribution in [3.8, 4) is 0 Å². The SMILES string of the molecule is CC1=C2CC(C)(CO)C[C@H]2[C@@H](C)CC[C@@H]1CO. The summed E-state index contributed by atoms with van der Waals surface area (Å²) >= 11 is 0. The van der Waals surface area contributed by atoms with Crippen LogP contribution < -0.4 is 0 Å². The van der Waals surface area contributed by atoms with E-state index in [4.69, 9.17) is 0 Å². The zero-order valence-corrected chi connectivity index (χ0v) is 11.4. The van der Waals surface area contributed by atoms with Crippen LogP contribution in [0.15, 0.2) is 11.1 Å². The second kappa shape index (κ2) is 4.74. The fraction of sp³-hybridized carbons (Fsp3) is 0.867. The molecule has 0 spiro atoms. The Morgan fingerprint density at radius 3 is 2.59 bits per heavy atom. The minimum absolute atomic E-state index is 0.0763. The Morgan fingerprint density at radius 2 is 2.00 bits per heavy atom. The summed E-state index contributed by atoms with van der Waals surface area (Å²) in [4.78, 5) is 0. The molecule has 17 heavy (non-hydrogen) atoms. The highest BCUT2D eigenvalue weighted by molar-refractivity contribution is 5.26. The predicted octanol–water partition coefficient (Wildman–Crippen LogP) is 2.75. The minimum Gasteiger partial charge on any atom is -0.396 e. The Kier molecular flexibility index (Phi) is 3.65. The molecule has 0 bridgehead atoms. The van der Waals surface area contributed by atoms with Gasteiger partial charge in [-0.15, -0.1) is 0 Å². The van der Waals surface area contributed by atoms with E-state index in [0.717, 1.165) is 19.3 Å². The van der Waals surface area contributed by atoms with Crippen LogP contribution in [-0.2, 0) is 0 Å². The molecular formula is C15H26O2. The van der Waals surface area contributed by atoms with Gasteiger partial charge < -0.3 is 10.2 Å². The molecule has 2 N–H and O–H groups in total. The first kappa shape index (κ1) is 13.1. The maximum Gasteiger partial charge on any atom is 0.0496 e. The molecule has 98 valence electrons.